The van der Waals surface area contributed by atoms with E-state index in [-0.39, 0.29) is 0 Å². The van der Waals surface area contributed by atoms with E-state index in [1.807, 2.05) is 0 Å². The lowest BCUT2D eigenvalue weighted by molar-refractivity contribution is -0.125. The molecule has 3 heteroatoms. The molecular weight excluding hydrogens is 156 g/mol. The summed E-state index contributed by atoms with van der Waals surface area (Å²) < 4.78 is 9.40. The lowest BCUT2D eigenvalue weighted by Crippen LogP contribution is -1.87. The molecule has 0 aliphatic heterocycles. The molecule has 0 N–H and O–H groups in total. The number of hydrogen-bond acceptors (Lipinski definition) is 3. The van der Waals surface area contributed by atoms with Crippen molar-refractivity contribution >= 4 is 6.47 Å². The van der Waals surface area contributed by atoms with Crippen LogP contribution in [0, 0.1) is 6.61 Å². The molecule has 0 unspecified atom stereocenters. The van der Waals surface area contributed by atoms with Gasteiger partial charge in [0.15, 0.2) is 6.61 Å². The van der Waals surface area contributed by atoms with Crippen molar-refractivity contribution in [3.05, 3.63) is 36.4 Å². The molecule has 0 bridgehead atoms. The zero-order chi connectivity index (χ0) is 8.81. The Balaban J connectivity index is 2.58. The fraction of sp³-hybridized carbons (Fsp3) is 0.111. The Bertz CT molecular complexity index is 240. The van der Waals surface area contributed by atoms with Gasteiger partial charge in [0.2, 0.25) is 0 Å². The van der Waals surface area contributed by atoms with Crippen molar-refractivity contribution in [3.63, 3.8) is 0 Å². The van der Waals surface area contributed by atoms with Crippen LogP contribution in [-0.2, 0) is 9.53 Å². The van der Waals surface area contributed by atoms with E-state index in [2.05, 4.69) is 4.74 Å². The van der Waals surface area contributed by atoms with Crippen LogP contribution in [0.3, 0.4) is 0 Å². The van der Waals surface area contributed by atoms with Gasteiger partial charge in [0.25, 0.3) is 6.47 Å². The second kappa shape index (κ2) is 4.38. The second-order valence-corrected chi connectivity index (χ2v) is 2.12. The van der Waals surface area contributed by atoms with E-state index in [0.29, 0.717) is 6.47 Å². The van der Waals surface area contributed by atoms with Gasteiger partial charge < -0.3 is 9.47 Å². The first-order valence-corrected chi connectivity index (χ1v) is 3.43. The highest BCUT2D eigenvalue weighted by molar-refractivity contribution is 5.40. The summed E-state index contributed by atoms with van der Waals surface area (Å²) in [6.45, 7) is 1.75. The van der Waals surface area contributed by atoms with Gasteiger partial charge in [-0.1, -0.05) is 12.1 Å². The van der Waals surface area contributed by atoms with E-state index in [1.54, 1.807) is 31.4 Å². The molecule has 1 aromatic rings. The maximum Gasteiger partial charge on any atom is 0.293 e. The summed E-state index contributed by atoms with van der Waals surface area (Å²) in [5.41, 5.74) is 0.822. The standard InChI is InChI=1S/C9H9O3/c1-11-9-4-2-8(3-5-9)6-12-7-10/h2-7H,1H3. The highest BCUT2D eigenvalue weighted by atomic mass is 16.5. The molecule has 0 spiro atoms. The van der Waals surface area contributed by atoms with Crippen LogP contribution in [0.2, 0.25) is 0 Å². The molecule has 1 rings (SSSR count). The van der Waals surface area contributed by atoms with E-state index in [1.165, 1.54) is 6.61 Å². The van der Waals surface area contributed by atoms with Crippen molar-refractivity contribution in [1.29, 1.82) is 0 Å². The topological polar surface area (TPSA) is 35.5 Å². The first-order valence-electron chi connectivity index (χ1n) is 3.43. The van der Waals surface area contributed by atoms with Crippen LogP contribution in [0.25, 0.3) is 0 Å². The van der Waals surface area contributed by atoms with Crippen molar-refractivity contribution in [2.75, 3.05) is 7.11 Å². The predicted molar refractivity (Wildman–Crippen MR) is 43.5 cm³/mol. The van der Waals surface area contributed by atoms with Crippen molar-refractivity contribution in [2.45, 2.75) is 0 Å². The minimum Gasteiger partial charge on any atom is -0.497 e. The van der Waals surface area contributed by atoms with Crippen LogP contribution in [0.5, 0.6) is 5.75 Å². The first kappa shape index (κ1) is 8.59. The van der Waals surface area contributed by atoms with Gasteiger partial charge in [-0.05, 0) is 17.7 Å². The number of hydrogen-bond donors (Lipinski definition) is 0. The fourth-order valence-corrected chi connectivity index (χ4v) is 0.789. The molecular formula is C9H9O3. The summed E-state index contributed by atoms with van der Waals surface area (Å²) >= 11 is 0. The summed E-state index contributed by atoms with van der Waals surface area (Å²) in [5.74, 6) is 0.776. The summed E-state index contributed by atoms with van der Waals surface area (Å²) in [6.07, 6.45) is 0. The number of rotatable bonds is 4. The van der Waals surface area contributed by atoms with E-state index < -0.39 is 0 Å². The maximum atomic E-state index is 9.82. The number of ether oxygens (including phenoxy) is 2. The van der Waals surface area contributed by atoms with Gasteiger partial charge in [0.1, 0.15) is 5.75 Å². The quantitative estimate of drug-likeness (QED) is 0.632. The van der Waals surface area contributed by atoms with Crippen molar-refractivity contribution in [2.24, 2.45) is 0 Å². The Morgan fingerprint density at radius 1 is 1.25 bits per heavy atom. The molecule has 1 aromatic carbocycles. The molecule has 0 saturated carbocycles. The normalized spacial score (nSPS) is 9.08. The lowest BCUT2D eigenvalue weighted by Gasteiger charge is -2.00. The molecule has 0 heterocycles. The molecule has 1 radical (unpaired) electrons. The average molecular weight is 165 g/mol. The third kappa shape index (κ3) is 2.27. The Labute approximate surface area is 70.9 Å². The summed E-state index contributed by atoms with van der Waals surface area (Å²) in [7, 11) is 1.60. The largest absolute Gasteiger partial charge is 0.497 e. The van der Waals surface area contributed by atoms with Gasteiger partial charge in [0.05, 0.1) is 7.11 Å². The highest BCUT2D eigenvalue weighted by Gasteiger charge is 1.94. The van der Waals surface area contributed by atoms with Gasteiger partial charge in [-0.25, -0.2) is 0 Å². The van der Waals surface area contributed by atoms with Crippen LogP contribution in [0.4, 0.5) is 0 Å². The maximum absolute atomic E-state index is 9.82. The van der Waals surface area contributed by atoms with E-state index in [9.17, 15) is 4.79 Å². The summed E-state index contributed by atoms with van der Waals surface area (Å²) in [4.78, 5) is 9.82. The van der Waals surface area contributed by atoms with Gasteiger partial charge in [0, 0.05) is 0 Å². The molecule has 3 nitrogen and oxygen atoms in total. The van der Waals surface area contributed by atoms with Gasteiger partial charge in [-0.3, -0.25) is 4.79 Å². The smallest absolute Gasteiger partial charge is 0.293 e. The fourth-order valence-electron chi connectivity index (χ4n) is 0.789. The van der Waals surface area contributed by atoms with Crippen LogP contribution >= 0.6 is 0 Å². The van der Waals surface area contributed by atoms with Gasteiger partial charge in [-0.15, -0.1) is 0 Å². The van der Waals surface area contributed by atoms with E-state index >= 15 is 0 Å². The van der Waals surface area contributed by atoms with Crippen LogP contribution in [-0.4, -0.2) is 13.6 Å². The monoisotopic (exact) mass is 165 g/mol. The number of carbonyl (C=O) groups excluding carboxylic acids is 1. The van der Waals surface area contributed by atoms with Crippen LogP contribution in [0.15, 0.2) is 24.3 Å². The Hall–Kier alpha value is -1.51. The SMILES string of the molecule is COc1ccc([CH]OC=O)cc1. The molecule has 63 valence electrons. The number of carbonyl (C=O) groups is 1. The van der Waals surface area contributed by atoms with Crippen LogP contribution < -0.4 is 4.74 Å². The first-order chi connectivity index (χ1) is 5.86. The van der Waals surface area contributed by atoms with Crippen molar-refractivity contribution in [3.8, 4) is 5.75 Å². The summed E-state index contributed by atoms with van der Waals surface area (Å²) in [6, 6.07) is 7.17. The predicted octanol–water partition coefficient (Wildman–Crippen LogP) is 1.38. The molecule has 0 aliphatic carbocycles. The molecule has 0 aromatic heterocycles. The molecule has 0 amide bonds. The Morgan fingerprint density at radius 2 is 1.92 bits per heavy atom. The van der Waals surface area contributed by atoms with E-state index in [0.717, 1.165) is 11.3 Å². The minimum atomic E-state index is 0.379. The van der Waals surface area contributed by atoms with Crippen molar-refractivity contribution < 1.29 is 14.3 Å². The molecule has 0 saturated heterocycles. The highest BCUT2D eigenvalue weighted by Crippen LogP contribution is 2.12. The Morgan fingerprint density at radius 3 is 2.42 bits per heavy atom. The molecule has 0 fully saturated rings. The third-order valence-electron chi connectivity index (χ3n) is 1.38. The molecule has 0 atom stereocenters. The second-order valence-electron chi connectivity index (χ2n) is 2.12. The minimum absolute atomic E-state index is 0.379. The molecule has 0 aliphatic rings. The van der Waals surface area contributed by atoms with Gasteiger partial charge in [-0.2, -0.15) is 0 Å². The van der Waals surface area contributed by atoms with E-state index in [4.69, 9.17) is 4.74 Å². The molecule has 12 heavy (non-hydrogen) atoms. The van der Waals surface area contributed by atoms with Crippen LogP contribution in [0.1, 0.15) is 5.56 Å². The third-order valence-corrected chi connectivity index (χ3v) is 1.38. The zero-order valence-electron chi connectivity index (χ0n) is 6.69. The Kier molecular flexibility index (Phi) is 3.14. The number of benzene rings is 1. The summed E-state index contributed by atoms with van der Waals surface area (Å²) in [5, 5.41) is 0. The zero-order valence-corrected chi connectivity index (χ0v) is 6.69. The average Bonchev–Trinajstić information content (AvgIpc) is 2.15. The van der Waals surface area contributed by atoms with Crippen molar-refractivity contribution in [1.82, 2.24) is 0 Å². The lowest BCUT2D eigenvalue weighted by atomic mass is 10.2. The van der Waals surface area contributed by atoms with Gasteiger partial charge >= 0.3 is 0 Å². The number of methoxy groups -OCH3 is 1.